The lowest BCUT2D eigenvalue weighted by Crippen LogP contribution is -2.00. The van der Waals surface area contributed by atoms with Crippen LogP contribution in [0.3, 0.4) is 0 Å². The number of thiazole rings is 1. The molecule has 0 radical (unpaired) electrons. The second-order valence-electron chi connectivity index (χ2n) is 3.65. The first-order valence-electron chi connectivity index (χ1n) is 5.21. The number of hydrogen-bond acceptors (Lipinski definition) is 5. The predicted molar refractivity (Wildman–Crippen MR) is 72.9 cm³/mol. The van der Waals surface area contributed by atoms with Crippen LogP contribution in [-0.2, 0) is 11.2 Å². The number of nitriles is 1. The molecule has 0 fully saturated rings. The summed E-state index contributed by atoms with van der Waals surface area (Å²) >= 11 is 7.29. The van der Waals surface area contributed by atoms with Crippen LogP contribution in [0.15, 0.2) is 23.6 Å². The molecule has 2 aromatic rings. The zero-order valence-corrected chi connectivity index (χ0v) is 11.1. The first kappa shape index (κ1) is 13.3. The number of carbonyl (C=O) groups is 1. The van der Waals surface area contributed by atoms with E-state index in [9.17, 15) is 4.79 Å². The molecule has 0 bridgehead atoms. The molecule has 96 valence electrons. The van der Waals surface area contributed by atoms with Crippen molar-refractivity contribution in [3.63, 3.8) is 0 Å². The van der Waals surface area contributed by atoms with Crippen molar-refractivity contribution in [3.05, 3.63) is 39.9 Å². The molecule has 5 nitrogen and oxygen atoms in total. The summed E-state index contributed by atoms with van der Waals surface area (Å²) in [5.74, 6) is -0.929. The molecule has 0 spiro atoms. The summed E-state index contributed by atoms with van der Waals surface area (Å²) in [4.78, 5) is 14.7. The number of anilines is 2. The summed E-state index contributed by atoms with van der Waals surface area (Å²) in [5.41, 5.74) is 1.53. The molecule has 2 rings (SSSR count). The second kappa shape index (κ2) is 5.69. The number of nitrogens with zero attached hydrogens (tertiary/aromatic N) is 2. The van der Waals surface area contributed by atoms with Gasteiger partial charge in [0.05, 0.1) is 34.5 Å². The van der Waals surface area contributed by atoms with E-state index >= 15 is 0 Å². The van der Waals surface area contributed by atoms with E-state index in [1.54, 1.807) is 23.6 Å². The van der Waals surface area contributed by atoms with Gasteiger partial charge in [0.2, 0.25) is 0 Å². The third-order valence-corrected chi connectivity index (χ3v) is 3.36. The normalized spacial score (nSPS) is 9.89. The van der Waals surface area contributed by atoms with E-state index < -0.39 is 5.97 Å². The summed E-state index contributed by atoms with van der Waals surface area (Å²) in [6.45, 7) is 0. The molecule has 1 aromatic heterocycles. The topological polar surface area (TPSA) is 86.0 Å². The monoisotopic (exact) mass is 293 g/mol. The van der Waals surface area contributed by atoms with Gasteiger partial charge in [-0.25, -0.2) is 4.98 Å². The molecular weight excluding hydrogens is 286 g/mol. The lowest BCUT2D eigenvalue weighted by atomic mass is 10.2. The highest BCUT2D eigenvalue weighted by Crippen LogP contribution is 2.28. The van der Waals surface area contributed by atoms with E-state index in [2.05, 4.69) is 10.3 Å². The maximum Gasteiger partial charge on any atom is 0.309 e. The second-order valence-corrected chi connectivity index (χ2v) is 4.91. The minimum atomic E-state index is -0.929. The lowest BCUT2D eigenvalue weighted by molar-refractivity contribution is -0.136. The summed E-state index contributed by atoms with van der Waals surface area (Å²) in [6, 6.07) is 6.87. The summed E-state index contributed by atoms with van der Waals surface area (Å²) < 4.78 is 0. The van der Waals surface area contributed by atoms with Gasteiger partial charge in [0.1, 0.15) is 0 Å². The molecule has 0 aliphatic heterocycles. The number of hydrogen-bond donors (Lipinski definition) is 2. The fraction of sp³-hybridized carbons (Fsp3) is 0.0833. The van der Waals surface area contributed by atoms with Crippen molar-refractivity contribution in [2.75, 3.05) is 5.32 Å². The van der Waals surface area contributed by atoms with Gasteiger partial charge in [0.25, 0.3) is 0 Å². The Bertz CT molecular complexity index is 663. The van der Waals surface area contributed by atoms with Crippen molar-refractivity contribution >= 4 is 39.7 Å². The van der Waals surface area contributed by atoms with Crippen molar-refractivity contribution in [2.24, 2.45) is 0 Å². The minimum Gasteiger partial charge on any atom is -0.481 e. The van der Waals surface area contributed by atoms with Crippen molar-refractivity contribution < 1.29 is 9.90 Å². The van der Waals surface area contributed by atoms with Crippen molar-refractivity contribution in [1.29, 1.82) is 5.26 Å². The van der Waals surface area contributed by atoms with Gasteiger partial charge in [-0.1, -0.05) is 11.6 Å². The van der Waals surface area contributed by atoms with E-state index in [0.717, 1.165) is 0 Å². The molecule has 19 heavy (non-hydrogen) atoms. The Labute approximate surface area is 118 Å². The quantitative estimate of drug-likeness (QED) is 0.905. The van der Waals surface area contributed by atoms with Crippen LogP contribution in [-0.4, -0.2) is 16.1 Å². The highest BCUT2D eigenvalue weighted by atomic mass is 35.5. The Morgan fingerprint density at radius 2 is 2.37 bits per heavy atom. The van der Waals surface area contributed by atoms with Crippen LogP contribution in [0.4, 0.5) is 10.8 Å². The maximum atomic E-state index is 10.6. The summed E-state index contributed by atoms with van der Waals surface area (Å²) in [6.07, 6.45) is -0.121. The van der Waals surface area contributed by atoms with Gasteiger partial charge in [0, 0.05) is 5.38 Å². The first-order chi connectivity index (χ1) is 9.08. The molecule has 0 unspecified atom stereocenters. The summed E-state index contributed by atoms with van der Waals surface area (Å²) in [5, 5.41) is 23.1. The Morgan fingerprint density at radius 3 is 3.05 bits per heavy atom. The van der Waals surface area contributed by atoms with Gasteiger partial charge in [-0.15, -0.1) is 11.3 Å². The van der Waals surface area contributed by atoms with Crippen molar-refractivity contribution in [1.82, 2.24) is 4.98 Å². The van der Waals surface area contributed by atoms with Gasteiger partial charge < -0.3 is 10.4 Å². The molecule has 0 amide bonds. The number of rotatable bonds is 4. The number of halogens is 1. The molecule has 0 saturated heterocycles. The molecule has 0 aliphatic carbocycles. The van der Waals surface area contributed by atoms with E-state index in [-0.39, 0.29) is 6.42 Å². The Balaban J connectivity index is 2.19. The number of nitrogens with one attached hydrogen (secondary N) is 1. The standard InChI is InChI=1S/C12H8ClN3O2S/c13-9-2-1-7(5-14)3-10(9)16-12-15-8(6-19-12)4-11(17)18/h1-3,6H,4H2,(H,15,16)(H,17,18). The Kier molecular flexibility index (Phi) is 4.00. The van der Waals surface area contributed by atoms with E-state index in [0.29, 0.717) is 27.1 Å². The number of aromatic nitrogens is 1. The fourth-order valence-corrected chi connectivity index (χ4v) is 2.29. The van der Waals surface area contributed by atoms with E-state index in [1.807, 2.05) is 6.07 Å². The highest BCUT2D eigenvalue weighted by Gasteiger charge is 2.08. The molecule has 0 atom stereocenters. The molecule has 1 aromatic carbocycles. The molecule has 0 saturated carbocycles. The van der Waals surface area contributed by atoms with E-state index in [1.165, 1.54) is 11.3 Å². The van der Waals surface area contributed by atoms with Crippen LogP contribution in [0.2, 0.25) is 5.02 Å². The van der Waals surface area contributed by atoms with Crippen molar-refractivity contribution in [2.45, 2.75) is 6.42 Å². The van der Waals surface area contributed by atoms with Gasteiger partial charge in [0.15, 0.2) is 5.13 Å². The Hall–Kier alpha value is -2.10. The number of aliphatic carboxylic acids is 1. The van der Waals surface area contributed by atoms with Gasteiger partial charge >= 0.3 is 5.97 Å². The molecular formula is C12H8ClN3O2S. The van der Waals surface area contributed by atoms with Crippen LogP contribution in [0.1, 0.15) is 11.3 Å². The van der Waals surface area contributed by atoms with Crippen LogP contribution in [0, 0.1) is 11.3 Å². The molecule has 2 N–H and O–H groups in total. The third-order valence-electron chi connectivity index (χ3n) is 2.22. The fourth-order valence-electron chi connectivity index (χ4n) is 1.41. The number of carboxylic acids is 1. The summed E-state index contributed by atoms with van der Waals surface area (Å²) in [7, 11) is 0. The van der Waals surface area contributed by atoms with Crippen LogP contribution in [0.5, 0.6) is 0 Å². The first-order valence-corrected chi connectivity index (χ1v) is 6.47. The highest BCUT2D eigenvalue weighted by molar-refractivity contribution is 7.13. The lowest BCUT2D eigenvalue weighted by Gasteiger charge is -2.05. The van der Waals surface area contributed by atoms with Gasteiger partial charge in [-0.2, -0.15) is 5.26 Å². The maximum absolute atomic E-state index is 10.6. The largest absolute Gasteiger partial charge is 0.481 e. The third kappa shape index (κ3) is 3.44. The number of carboxylic acid groups (broad SMARTS) is 1. The molecule has 0 aliphatic rings. The molecule has 7 heteroatoms. The Morgan fingerprint density at radius 1 is 1.58 bits per heavy atom. The molecule has 1 heterocycles. The predicted octanol–water partition coefficient (Wildman–Crippen LogP) is 3.04. The van der Waals surface area contributed by atoms with Crippen LogP contribution < -0.4 is 5.32 Å². The smallest absolute Gasteiger partial charge is 0.309 e. The van der Waals surface area contributed by atoms with E-state index in [4.69, 9.17) is 22.0 Å². The zero-order chi connectivity index (χ0) is 13.8. The SMILES string of the molecule is N#Cc1ccc(Cl)c(Nc2nc(CC(=O)O)cs2)c1. The van der Waals surface area contributed by atoms with Gasteiger partial charge in [-0.3, -0.25) is 4.79 Å². The van der Waals surface area contributed by atoms with Crippen LogP contribution in [0.25, 0.3) is 0 Å². The average molecular weight is 294 g/mol. The van der Waals surface area contributed by atoms with Crippen LogP contribution >= 0.6 is 22.9 Å². The zero-order valence-electron chi connectivity index (χ0n) is 9.55. The van der Waals surface area contributed by atoms with Crippen molar-refractivity contribution in [3.8, 4) is 6.07 Å². The minimum absolute atomic E-state index is 0.121. The van der Waals surface area contributed by atoms with Gasteiger partial charge in [-0.05, 0) is 18.2 Å². The average Bonchev–Trinajstić information content (AvgIpc) is 2.78. The number of benzene rings is 1.